The van der Waals surface area contributed by atoms with Gasteiger partial charge in [-0.15, -0.1) is 0 Å². The zero-order valence-electron chi connectivity index (χ0n) is 18.7. The highest BCUT2D eigenvalue weighted by molar-refractivity contribution is 8.15. The van der Waals surface area contributed by atoms with Crippen LogP contribution in [0.25, 0.3) is 0 Å². The van der Waals surface area contributed by atoms with E-state index in [2.05, 4.69) is 15.0 Å². The van der Waals surface area contributed by atoms with Gasteiger partial charge in [0.25, 0.3) is 0 Å². The first-order valence-electron chi connectivity index (χ1n) is 10.5. The summed E-state index contributed by atoms with van der Waals surface area (Å²) in [7, 11) is 1.23. The maximum absolute atomic E-state index is 12.8. The number of nitrogens with one attached hydrogen (secondary N) is 1. The molecule has 2 aromatic carbocycles. The second kappa shape index (κ2) is 11.9. The van der Waals surface area contributed by atoms with E-state index in [0.29, 0.717) is 11.4 Å². The fourth-order valence-electron chi connectivity index (χ4n) is 3.14. The Balaban J connectivity index is 1.97. The van der Waals surface area contributed by atoms with Crippen molar-refractivity contribution in [3.05, 3.63) is 48.5 Å². The van der Waals surface area contributed by atoms with Crippen LogP contribution >= 0.6 is 23.5 Å². The lowest BCUT2D eigenvalue weighted by Gasteiger charge is -2.22. The lowest BCUT2D eigenvalue weighted by atomic mass is 10.2. The smallest absolute Gasteiger partial charge is 0.435 e. The summed E-state index contributed by atoms with van der Waals surface area (Å²) >= 11 is 2.69. The van der Waals surface area contributed by atoms with Gasteiger partial charge in [0.2, 0.25) is 11.8 Å². The fourth-order valence-corrected chi connectivity index (χ4v) is 4.87. The molecule has 0 radical (unpaired) electrons. The normalized spacial score (nSPS) is 14.7. The molecule has 2 aromatic rings. The molecule has 1 aliphatic heterocycles. The molecule has 1 saturated heterocycles. The summed E-state index contributed by atoms with van der Waals surface area (Å²) in [5.74, 6) is -0.277. The molecule has 3 amide bonds. The van der Waals surface area contributed by atoms with Gasteiger partial charge < -0.3 is 10.1 Å². The summed E-state index contributed by atoms with van der Waals surface area (Å²) in [5.41, 5.74) is 0.930. The number of benzene rings is 2. The number of anilines is 2. The van der Waals surface area contributed by atoms with E-state index in [1.165, 1.54) is 12.0 Å². The molecule has 0 saturated carbocycles. The number of carbonyl (C=O) groups is 3. The first-order chi connectivity index (χ1) is 15.9. The molecule has 0 unspecified atom stereocenters. The molecule has 0 spiro atoms. The Morgan fingerprint density at radius 1 is 1.15 bits per heavy atom. The summed E-state index contributed by atoms with van der Waals surface area (Å²) in [6, 6.07) is 15.3. The zero-order valence-corrected chi connectivity index (χ0v) is 20.4. The molecule has 0 bridgehead atoms. The van der Waals surface area contributed by atoms with Crippen LogP contribution < -0.4 is 10.2 Å². The van der Waals surface area contributed by atoms with E-state index < -0.39 is 6.09 Å². The average Bonchev–Trinajstić information content (AvgIpc) is 3.17. The molecule has 1 N–H and O–H groups in total. The molecular formula is C23H26N4O4S2. The van der Waals surface area contributed by atoms with Crippen molar-refractivity contribution in [3.8, 4) is 0 Å². The zero-order chi connectivity index (χ0) is 23.8. The van der Waals surface area contributed by atoms with Crippen LogP contribution in [-0.4, -0.2) is 60.5 Å². The molecule has 10 heteroatoms. The molecule has 0 aliphatic carbocycles. The highest BCUT2D eigenvalue weighted by atomic mass is 32.2. The van der Waals surface area contributed by atoms with Crippen molar-refractivity contribution >= 4 is 58.0 Å². The van der Waals surface area contributed by atoms with Crippen LogP contribution in [0, 0.1) is 0 Å². The van der Waals surface area contributed by atoms with E-state index in [1.807, 2.05) is 61.2 Å². The molecule has 33 heavy (non-hydrogen) atoms. The van der Waals surface area contributed by atoms with E-state index >= 15 is 0 Å². The quantitative estimate of drug-likeness (QED) is 0.594. The number of carbonyl (C=O) groups excluding carboxylic acids is 3. The average molecular weight is 487 g/mol. The molecule has 1 heterocycles. The molecule has 0 atom stereocenters. The molecule has 8 nitrogen and oxygen atoms in total. The third-order valence-electron chi connectivity index (χ3n) is 4.85. The lowest BCUT2D eigenvalue weighted by Crippen LogP contribution is -2.34. The summed E-state index contributed by atoms with van der Waals surface area (Å²) in [6.07, 6.45) is -0.791. The topological polar surface area (TPSA) is 91.3 Å². The minimum absolute atomic E-state index is 0.142. The number of likely N-dealkylation sites (N-methyl/N-ethyl adjacent to an activating group) is 1. The van der Waals surface area contributed by atoms with Crippen LogP contribution in [0.5, 0.6) is 0 Å². The minimum Gasteiger partial charge on any atom is -0.451 e. The van der Waals surface area contributed by atoms with Crippen LogP contribution in [0.2, 0.25) is 0 Å². The maximum atomic E-state index is 12.8. The number of amidine groups is 1. The Kier molecular flexibility index (Phi) is 8.93. The van der Waals surface area contributed by atoms with Crippen molar-refractivity contribution in [2.45, 2.75) is 23.6 Å². The Hall–Kier alpha value is -2.82. The molecule has 3 rings (SSSR count). The van der Waals surface area contributed by atoms with Crippen LogP contribution in [0.4, 0.5) is 16.2 Å². The van der Waals surface area contributed by atoms with Gasteiger partial charge in [-0.25, -0.2) is 4.79 Å². The Morgan fingerprint density at radius 3 is 2.55 bits per heavy atom. The number of nitrogens with zero attached hydrogens (tertiary/aromatic N) is 3. The van der Waals surface area contributed by atoms with Crippen molar-refractivity contribution < 1.29 is 19.1 Å². The van der Waals surface area contributed by atoms with Gasteiger partial charge in [-0.3, -0.25) is 19.4 Å². The number of hydrogen-bond donors (Lipinski definition) is 1. The van der Waals surface area contributed by atoms with Crippen molar-refractivity contribution in [1.82, 2.24) is 4.90 Å². The third-order valence-corrected chi connectivity index (χ3v) is 6.77. The molecule has 0 aromatic heterocycles. The van der Waals surface area contributed by atoms with Crippen molar-refractivity contribution in [2.24, 2.45) is 4.99 Å². The number of rotatable bonds is 8. The maximum Gasteiger partial charge on any atom is 0.435 e. The third kappa shape index (κ3) is 6.59. The predicted octanol–water partition coefficient (Wildman–Crippen LogP) is 4.32. The Bertz CT molecular complexity index is 1040. The first kappa shape index (κ1) is 24.8. The van der Waals surface area contributed by atoms with Gasteiger partial charge in [-0.1, -0.05) is 55.6 Å². The fraction of sp³-hybridized carbons (Fsp3) is 0.304. The van der Waals surface area contributed by atoms with E-state index in [4.69, 9.17) is 0 Å². The molecule has 174 valence electrons. The molecule has 1 fully saturated rings. The van der Waals surface area contributed by atoms with Crippen molar-refractivity contribution in [2.75, 3.05) is 42.7 Å². The van der Waals surface area contributed by atoms with Crippen LogP contribution in [0.3, 0.4) is 0 Å². The summed E-state index contributed by atoms with van der Waals surface area (Å²) < 4.78 is 4.62. The van der Waals surface area contributed by atoms with Crippen LogP contribution in [0.1, 0.15) is 13.8 Å². The van der Waals surface area contributed by atoms with Crippen LogP contribution in [0.15, 0.2) is 63.3 Å². The van der Waals surface area contributed by atoms with Crippen molar-refractivity contribution in [3.63, 3.8) is 0 Å². The predicted molar refractivity (Wildman–Crippen MR) is 133 cm³/mol. The van der Waals surface area contributed by atoms with Gasteiger partial charge in [-0.2, -0.15) is 4.99 Å². The van der Waals surface area contributed by atoms with Gasteiger partial charge in [0.1, 0.15) is 0 Å². The van der Waals surface area contributed by atoms with E-state index in [9.17, 15) is 14.4 Å². The molecule has 1 aliphatic rings. The highest BCUT2D eigenvalue weighted by Crippen LogP contribution is 2.37. The number of aliphatic imine (C=N–C) groups is 1. The summed E-state index contributed by atoms with van der Waals surface area (Å²) in [4.78, 5) is 46.4. The number of ether oxygens (including phenoxy) is 1. The second-order valence-corrected chi connectivity index (χ2v) is 9.08. The van der Waals surface area contributed by atoms with Gasteiger partial charge in [0.15, 0.2) is 5.17 Å². The van der Waals surface area contributed by atoms with Gasteiger partial charge in [0, 0.05) is 9.79 Å². The monoisotopic (exact) mass is 486 g/mol. The SMILES string of the molecule is CCN(CC)CC(=O)Nc1cc(Sc2ccccc2)ccc1N1C(=O)CSC1=NC(=O)OC. The Labute approximate surface area is 201 Å². The highest BCUT2D eigenvalue weighted by Gasteiger charge is 2.32. The summed E-state index contributed by atoms with van der Waals surface area (Å²) in [6.45, 7) is 5.72. The van der Waals surface area contributed by atoms with Crippen LogP contribution in [-0.2, 0) is 14.3 Å². The lowest BCUT2D eigenvalue weighted by molar-refractivity contribution is -0.117. The molecular weight excluding hydrogens is 460 g/mol. The van der Waals surface area contributed by atoms with Gasteiger partial charge in [0.05, 0.1) is 30.8 Å². The van der Waals surface area contributed by atoms with E-state index in [0.717, 1.165) is 34.6 Å². The second-order valence-electron chi connectivity index (χ2n) is 6.99. The largest absolute Gasteiger partial charge is 0.451 e. The minimum atomic E-state index is -0.791. The van der Waals surface area contributed by atoms with Crippen molar-refractivity contribution in [1.29, 1.82) is 0 Å². The number of thioether (sulfide) groups is 1. The van der Waals surface area contributed by atoms with E-state index in [-0.39, 0.29) is 29.3 Å². The first-order valence-corrected chi connectivity index (χ1v) is 12.3. The standard InChI is InChI=1S/C23H26N4O4S2/c1-4-26(5-2)14-20(28)24-18-13-17(33-16-9-7-6-8-10-16)11-12-19(18)27-21(29)15-32-22(27)25-23(30)31-3/h6-13H,4-5,14-15H2,1-3H3,(H,24,28). The Morgan fingerprint density at radius 2 is 1.88 bits per heavy atom. The van der Waals surface area contributed by atoms with E-state index in [1.54, 1.807) is 17.8 Å². The number of amides is 3. The van der Waals surface area contributed by atoms with Gasteiger partial charge >= 0.3 is 6.09 Å². The van der Waals surface area contributed by atoms with Gasteiger partial charge in [-0.05, 0) is 43.4 Å². The summed E-state index contributed by atoms with van der Waals surface area (Å²) in [5, 5.41) is 3.17. The number of methoxy groups -OCH3 is 1. The number of hydrogen-bond acceptors (Lipinski definition) is 7.